The van der Waals surface area contributed by atoms with Crippen LogP contribution in [-0.2, 0) is 9.59 Å². The molecule has 0 aromatic carbocycles. The molecule has 1 unspecified atom stereocenters. The Labute approximate surface area is 72.7 Å². The van der Waals surface area contributed by atoms with E-state index in [4.69, 9.17) is 0 Å². The Bertz CT molecular complexity index is 238. The first kappa shape index (κ1) is 9.17. The van der Waals surface area contributed by atoms with Crippen molar-refractivity contribution < 1.29 is 9.59 Å². The van der Waals surface area contributed by atoms with Crippen molar-refractivity contribution in [1.29, 1.82) is 0 Å². The van der Waals surface area contributed by atoms with Crippen molar-refractivity contribution in [2.45, 2.75) is 33.1 Å². The minimum atomic E-state index is -0.00218. The summed E-state index contributed by atoms with van der Waals surface area (Å²) in [6.45, 7) is 3.15. The lowest BCUT2D eigenvalue weighted by Crippen LogP contribution is -2.14. The van der Waals surface area contributed by atoms with Gasteiger partial charge in [0.2, 0.25) is 0 Å². The maximum atomic E-state index is 11.0. The van der Waals surface area contributed by atoms with Crippen LogP contribution in [0.1, 0.15) is 33.1 Å². The molecular formula is C10H14O2. The first-order chi connectivity index (χ1) is 5.61. The number of carbonyl (C=O) groups is 2. The molecule has 0 spiro atoms. The Morgan fingerprint density at radius 2 is 2.08 bits per heavy atom. The van der Waals surface area contributed by atoms with Gasteiger partial charge in [-0.15, -0.1) is 0 Å². The number of allylic oxidation sites excluding steroid dienone is 2. The van der Waals surface area contributed by atoms with Crippen molar-refractivity contribution in [3.63, 3.8) is 0 Å². The van der Waals surface area contributed by atoms with Gasteiger partial charge in [0.1, 0.15) is 5.78 Å². The zero-order valence-corrected chi connectivity index (χ0v) is 7.59. The van der Waals surface area contributed by atoms with Crippen molar-refractivity contribution in [2.24, 2.45) is 5.92 Å². The van der Waals surface area contributed by atoms with Crippen molar-refractivity contribution >= 4 is 11.6 Å². The Hall–Kier alpha value is -0.920. The SMILES string of the molecule is CC(=O)C1=CC(C(C)=O)CCC1. The third-order valence-electron chi connectivity index (χ3n) is 2.34. The van der Waals surface area contributed by atoms with Crippen molar-refractivity contribution in [2.75, 3.05) is 0 Å². The molecule has 1 aliphatic rings. The first-order valence-corrected chi connectivity index (χ1v) is 4.33. The van der Waals surface area contributed by atoms with Gasteiger partial charge in [0.25, 0.3) is 0 Å². The number of hydrogen-bond donors (Lipinski definition) is 0. The summed E-state index contributed by atoms with van der Waals surface area (Å²) in [5.74, 6) is 0.284. The molecular weight excluding hydrogens is 152 g/mol. The quantitative estimate of drug-likeness (QED) is 0.627. The van der Waals surface area contributed by atoms with Crippen LogP contribution in [0, 0.1) is 5.92 Å². The Kier molecular flexibility index (Phi) is 2.79. The molecule has 0 aromatic rings. The van der Waals surface area contributed by atoms with Gasteiger partial charge in [0.05, 0.1) is 0 Å². The van der Waals surface area contributed by atoms with Crippen LogP contribution in [0.2, 0.25) is 0 Å². The Morgan fingerprint density at radius 3 is 2.58 bits per heavy atom. The minimum absolute atomic E-state index is 0.00218. The topological polar surface area (TPSA) is 34.1 Å². The fraction of sp³-hybridized carbons (Fsp3) is 0.600. The van der Waals surface area contributed by atoms with Gasteiger partial charge in [-0.3, -0.25) is 9.59 Å². The summed E-state index contributed by atoms with van der Waals surface area (Å²) in [4.78, 5) is 22.0. The van der Waals surface area contributed by atoms with Gasteiger partial charge in [0, 0.05) is 5.92 Å². The standard InChI is InChI=1S/C10H14O2/c1-7(11)9-4-3-5-10(6-9)8(2)12/h6,9H,3-5H2,1-2H3. The molecule has 0 bridgehead atoms. The number of hydrogen-bond acceptors (Lipinski definition) is 2. The van der Waals surface area contributed by atoms with E-state index in [1.807, 2.05) is 6.08 Å². The van der Waals surface area contributed by atoms with Crippen LogP contribution in [0.5, 0.6) is 0 Å². The number of carbonyl (C=O) groups excluding carboxylic acids is 2. The summed E-state index contributed by atoms with van der Waals surface area (Å²) in [6.07, 6.45) is 4.56. The van der Waals surface area contributed by atoms with Crippen molar-refractivity contribution in [3.05, 3.63) is 11.6 Å². The van der Waals surface area contributed by atoms with Gasteiger partial charge in [0.15, 0.2) is 5.78 Å². The largest absolute Gasteiger partial charge is 0.299 e. The molecule has 1 aliphatic carbocycles. The smallest absolute Gasteiger partial charge is 0.155 e. The minimum Gasteiger partial charge on any atom is -0.299 e. The Balaban J connectivity index is 2.76. The summed E-state index contributed by atoms with van der Waals surface area (Å²) in [5, 5.41) is 0. The first-order valence-electron chi connectivity index (χ1n) is 4.33. The highest BCUT2D eigenvalue weighted by Gasteiger charge is 2.18. The highest BCUT2D eigenvalue weighted by atomic mass is 16.1. The summed E-state index contributed by atoms with van der Waals surface area (Å²) in [7, 11) is 0. The molecule has 0 aliphatic heterocycles. The third kappa shape index (κ3) is 2.03. The molecule has 0 amide bonds. The van der Waals surface area contributed by atoms with Crippen LogP contribution >= 0.6 is 0 Å². The molecule has 0 radical (unpaired) electrons. The lowest BCUT2D eigenvalue weighted by molar-refractivity contribution is -0.119. The molecule has 0 fully saturated rings. The van der Waals surface area contributed by atoms with Crippen LogP contribution < -0.4 is 0 Å². The second-order valence-corrected chi connectivity index (χ2v) is 3.36. The number of ketones is 2. The summed E-state index contributed by atoms with van der Waals surface area (Å²) >= 11 is 0. The summed E-state index contributed by atoms with van der Waals surface area (Å²) in [5.41, 5.74) is 0.835. The third-order valence-corrected chi connectivity index (χ3v) is 2.34. The fourth-order valence-corrected chi connectivity index (χ4v) is 1.54. The fourth-order valence-electron chi connectivity index (χ4n) is 1.54. The second-order valence-electron chi connectivity index (χ2n) is 3.36. The molecule has 1 rings (SSSR count). The van der Waals surface area contributed by atoms with E-state index in [1.165, 1.54) is 0 Å². The molecule has 0 saturated heterocycles. The van der Waals surface area contributed by atoms with Gasteiger partial charge >= 0.3 is 0 Å². The lowest BCUT2D eigenvalue weighted by Gasteiger charge is -2.16. The van der Waals surface area contributed by atoms with E-state index < -0.39 is 0 Å². The maximum absolute atomic E-state index is 11.0. The van der Waals surface area contributed by atoms with E-state index in [0.29, 0.717) is 0 Å². The highest BCUT2D eigenvalue weighted by Crippen LogP contribution is 2.23. The number of rotatable bonds is 2. The van der Waals surface area contributed by atoms with E-state index in [0.717, 1.165) is 24.8 Å². The summed E-state index contributed by atoms with van der Waals surface area (Å²) in [6, 6.07) is 0. The van der Waals surface area contributed by atoms with Gasteiger partial charge in [-0.25, -0.2) is 0 Å². The van der Waals surface area contributed by atoms with E-state index >= 15 is 0 Å². The average molecular weight is 166 g/mol. The second kappa shape index (κ2) is 3.65. The number of Topliss-reactive ketones (excluding diaryl/α,β-unsaturated/α-hetero) is 2. The molecule has 0 heterocycles. The Morgan fingerprint density at radius 1 is 1.42 bits per heavy atom. The van der Waals surface area contributed by atoms with E-state index in [9.17, 15) is 9.59 Å². The average Bonchev–Trinajstić information content (AvgIpc) is 2.04. The molecule has 0 aromatic heterocycles. The normalized spacial score (nSPS) is 23.2. The van der Waals surface area contributed by atoms with Gasteiger partial charge in [-0.05, 0) is 38.7 Å². The lowest BCUT2D eigenvalue weighted by atomic mass is 9.87. The zero-order chi connectivity index (χ0) is 9.14. The van der Waals surface area contributed by atoms with Crippen LogP contribution in [0.25, 0.3) is 0 Å². The molecule has 0 N–H and O–H groups in total. The van der Waals surface area contributed by atoms with Crippen LogP contribution in [0.3, 0.4) is 0 Å². The predicted octanol–water partition coefficient (Wildman–Crippen LogP) is 1.89. The summed E-state index contributed by atoms with van der Waals surface area (Å²) < 4.78 is 0. The van der Waals surface area contributed by atoms with Gasteiger partial charge in [-0.2, -0.15) is 0 Å². The zero-order valence-electron chi connectivity index (χ0n) is 7.59. The van der Waals surface area contributed by atoms with Crippen LogP contribution in [0.15, 0.2) is 11.6 Å². The molecule has 2 nitrogen and oxygen atoms in total. The van der Waals surface area contributed by atoms with E-state index in [1.54, 1.807) is 13.8 Å². The molecule has 12 heavy (non-hydrogen) atoms. The van der Waals surface area contributed by atoms with E-state index in [-0.39, 0.29) is 17.5 Å². The van der Waals surface area contributed by atoms with Crippen molar-refractivity contribution in [3.8, 4) is 0 Å². The van der Waals surface area contributed by atoms with E-state index in [2.05, 4.69) is 0 Å². The molecule has 0 saturated carbocycles. The molecule has 66 valence electrons. The van der Waals surface area contributed by atoms with Gasteiger partial charge in [-0.1, -0.05) is 6.08 Å². The van der Waals surface area contributed by atoms with Crippen LogP contribution in [-0.4, -0.2) is 11.6 Å². The predicted molar refractivity (Wildman–Crippen MR) is 46.8 cm³/mol. The molecule has 2 heteroatoms. The monoisotopic (exact) mass is 166 g/mol. The van der Waals surface area contributed by atoms with Crippen LogP contribution in [0.4, 0.5) is 0 Å². The van der Waals surface area contributed by atoms with Gasteiger partial charge < -0.3 is 0 Å². The maximum Gasteiger partial charge on any atom is 0.155 e. The molecule has 1 atom stereocenters. The highest BCUT2D eigenvalue weighted by molar-refractivity contribution is 5.94. The van der Waals surface area contributed by atoms with Crippen molar-refractivity contribution in [1.82, 2.24) is 0 Å².